The zero-order valence-electron chi connectivity index (χ0n) is 16.9. The van der Waals surface area contributed by atoms with Gasteiger partial charge in [-0.25, -0.2) is 4.39 Å². The van der Waals surface area contributed by atoms with Crippen LogP contribution in [-0.4, -0.2) is 20.6 Å². The first-order valence-electron chi connectivity index (χ1n) is 9.58. The Balaban J connectivity index is 1.66. The van der Waals surface area contributed by atoms with Crippen LogP contribution in [0.2, 0.25) is 0 Å². The van der Waals surface area contributed by atoms with E-state index in [1.807, 2.05) is 19.9 Å². The number of rotatable bonds is 4. The van der Waals surface area contributed by atoms with Gasteiger partial charge in [-0.3, -0.25) is 14.5 Å². The third kappa shape index (κ3) is 3.78. The summed E-state index contributed by atoms with van der Waals surface area (Å²) in [6.45, 7) is 3.75. The number of thioether (sulfide) groups is 1. The molecule has 0 saturated carbocycles. The van der Waals surface area contributed by atoms with Gasteiger partial charge < -0.3 is 4.57 Å². The molecular weight excluding hydrogens is 413 g/mol. The standard InChI is InChI=1S/C24H18FN3O2S/c1-15-11-19(16(2)28(15)21-10-6-5-9-20(21)25)12-22-23(29)27(24(30)31-22)14-18-8-4-3-7-17(18)13-26/h3-12H,14H2,1-2H3/b22-12+. The summed E-state index contributed by atoms with van der Waals surface area (Å²) in [7, 11) is 0. The molecule has 3 aromatic rings. The SMILES string of the molecule is Cc1cc(/C=C2/SC(=O)N(Cc3ccccc3C#N)C2=O)c(C)n1-c1ccccc1F. The van der Waals surface area contributed by atoms with Gasteiger partial charge in [0.25, 0.3) is 11.1 Å². The number of hydrogen-bond acceptors (Lipinski definition) is 4. The van der Waals surface area contributed by atoms with Gasteiger partial charge in [0.05, 0.1) is 28.8 Å². The van der Waals surface area contributed by atoms with Crippen molar-refractivity contribution in [3.05, 3.63) is 93.4 Å². The van der Waals surface area contributed by atoms with Crippen molar-refractivity contribution in [3.8, 4) is 11.8 Å². The van der Waals surface area contributed by atoms with Gasteiger partial charge >= 0.3 is 0 Å². The van der Waals surface area contributed by atoms with Crippen molar-refractivity contribution in [1.82, 2.24) is 9.47 Å². The highest BCUT2D eigenvalue weighted by Gasteiger charge is 2.35. The first-order chi connectivity index (χ1) is 14.9. The number of imide groups is 1. The maximum atomic E-state index is 14.3. The smallest absolute Gasteiger partial charge is 0.293 e. The molecule has 0 unspecified atom stereocenters. The van der Waals surface area contributed by atoms with Crippen molar-refractivity contribution in [1.29, 1.82) is 5.26 Å². The van der Waals surface area contributed by atoms with E-state index in [0.717, 1.165) is 33.6 Å². The van der Waals surface area contributed by atoms with Crippen LogP contribution in [0.1, 0.15) is 28.1 Å². The number of nitriles is 1. The molecule has 2 amide bonds. The number of aromatic nitrogens is 1. The van der Waals surface area contributed by atoms with E-state index in [4.69, 9.17) is 0 Å². The number of halogens is 1. The lowest BCUT2D eigenvalue weighted by Crippen LogP contribution is -2.27. The average molecular weight is 431 g/mol. The van der Waals surface area contributed by atoms with E-state index >= 15 is 0 Å². The first kappa shape index (κ1) is 20.6. The summed E-state index contributed by atoms with van der Waals surface area (Å²) in [5, 5.41) is 8.88. The fourth-order valence-electron chi connectivity index (χ4n) is 3.65. The van der Waals surface area contributed by atoms with Crippen LogP contribution in [0.4, 0.5) is 9.18 Å². The molecule has 154 valence electrons. The van der Waals surface area contributed by atoms with E-state index in [1.54, 1.807) is 53.1 Å². The van der Waals surface area contributed by atoms with Crippen molar-refractivity contribution in [2.45, 2.75) is 20.4 Å². The third-order valence-electron chi connectivity index (χ3n) is 5.19. The Morgan fingerprint density at radius 2 is 1.81 bits per heavy atom. The second kappa shape index (κ2) is 8.25. The number of hydrogen-bond donors (Lipinski definition) is 0. The Morgan fingerprint density at radius 3 is 2.55 bits per heavy atom. The van der Waals surface area contributed by atoms with E-state index < -0.39 is 5.91 Å². The molecule has 1 fully saturated rings. The molecule has 2 aromatic carbocycles. The van der Waals surface area contributed by atoms with Gasteiger partial charge in [0.1, 0.15) is 5.82 Å². The van der Waals surface area contributed by atoms with E-state index in [9.17, 15) is 19.2 Å². The van der Waals surface area contributed by atoms with Gasteiger partial charge in [0, 0.05) is 11.4 Å². The normalized spacial score (nSPS) is 15.0. The largest absolute Gasteiger partial charge is 0.315 e. The molecule has 0 radical (unpaired) electrons. The Kier molecular flexibility index (Phi) is 5.49. The molecule has 0 bridgehead atoms. The van der Waals surface area contributed by atoms with Crippen LogP contribution in [0, 0.1) is 31.0 Å². The lowest BCUT2D eigenvalue weighted by Gasteiger charge is -2.13. The molecule has 2 heterocycles. The molecule has 7 heteroatoms. The monoisotopic (exact) mass is 431 g/mol. The highest BCUT2D eigenvalue weighted by Crippen LogP contribution is 2.35. The van der Waals surface area contributed by atoms with E-state index in [1.165, 1.54) is 6.07 Å². The summed E-state index contributed by atoms with van der Waals surface area (Å²) < 4.78 is 16.1. The van der Waals surface area contributed by atoms with Gasteiger partial charge in [0.2, 0.25) is 0 Å². The van der Waals surface area contributed by atoms with Gasteiger partial charge in [-0.05, 0) is 67.1 Å². The predicted molar refractivity (Wildman–Crippen MR) is 118 cm³/mol. The molecule has 1 aliphatic rings. The maximum Gasteiger partial charge on any atom is 0.293 e. The van der Waals surface area contributed by atoms with Crippen LogP contribution in [0.3, 0.4) is 0 Å². The van der Waals surface area contributed by atoms with E-state index in [0.29, 0.717) is 21.7 Å². The molecule has 0 aliphatic carbocycles. The number of para-hydroxylation sites is 1. The molecule has 0 N–H and O–H groups in total. The van der Waals surface area contributed by atoms with Crippen LogP contribution < -0.4 is 0 Å². The Morgan fingerprint density at radius 1 is 1.10 bits per heavy atom. The van der Waals surface area contributed by atoms with Crippen molar-refractivity contribution < 1.29 is 14.0 Å². The second-order valence-electron chi connectivity index (χ2n) is 7.15. The number of amides is 2. The summed E-state index contributed by atoms with van der Waals surface area (Å²) in [6, 6.07) is 17.3. The fourth-order valence-corrected chi connectivity index (χ4v) is 4.48. The predicted octanol–water partition coefficient (Wildman–Crippen LogP) is 5.34. The lowest BCUT2D eigenvalue weighted by atomic mass is 10.1. The zero-order chi connectivity index (χ0) is 22.1. The number of carbonyl (C=O) groups is 2. The average Bonchev–Trinajstić information content (AvgIpc) is 3.18. The molecule has 5 nitrogen and oxygen atoms in total. The second-order valence-corrected chi connectivity index (χ2v) is 8.14. The molecule has 0 spiro atoms. The van der Waals surface area contributed by atoms with Crippen LogP contribution in [-0.2, 0) is 11.3 Å². The molecule has 1 aromatic heterocycles. The summed E-state index contributed by atoms with van der Waals surface area (Å²) in [4.78, 5) is 26.9. The van der Waals surface area contributed by atoms with Crippen molar-refractivity contribution >= 4 is 29.0 Å². The van der Waals surface area contributed by atoms with E-state index in [-0.39, 0.29) is 17.6 Å². The van der Waals surface area contributed by atoms with Crippen LogP contribution >= 0.6 is 11.8 Å². The summed E-state index contributed by atoms with van der Waals surface area (Å²) in [5.41, 5.74) is 3.80. The molecular formula is C24H18FN3O2S. The summed E-state index contributed by atoms with van der Waals surface area (Å²) in [5.74, 6) is -0.745. The minimum absolute atomic E-state index is 0.0417. The van der Waals surface area contributed by atoms with Gasteiger partial charge in [-0.15, -0.1) is 0 Å². The Bertz CT molecular complexity index is 1290. The number of carbonyl (C=O) groups excluding carboxylic acids is 2. The molecule has 1 aliphatic heterocycles. The topological polar surface area (TPSA) is 66.1 Å². The molecule has 4 rings (SSSR count). The number of benzene rings is 2. The highest BCUT2D eigenvalue weighted by atomic mass is 32.2. The number of aryl methyl sites for hydroxylation is 1. The van der Waals surface area contributed by atoms with Crippen molar-refractivity contribution in [2.24, 2.45) is 0 Å². The van der Waals surface area contributed by atoms with Crippen molar-refractivity contribution in [3.63, 3.8) is 0 Å². The summed E-state index contributed by atoms with van der Waals surface area (Å²) in [6.07, 6.45) is 1.67. The lowest BCUT2D eigenvalue weighted by molar-refractivity contribution is -0.123. The minimum atomic E-state index is -0.404. The van der Waals surface area contributed by atoms with Gasteiger partial charge in [0.15, 0.2) is 0 Å². The van der Waals surface area contributed by atoms with E-state index in [2.05, 4.69) is 6.07 Å². The first-order valence-corrected chi connectivity index (χ1v) is 10.4. The van der Waals surface area contributed by atoms with Crippen LogP contribution in [0.25, 0.3) is 11.8 Å². The maximum absolute atomic E-state index is 14.3. The third-order valence-corrected chi connectivity index (χ3v) is 6.10. The Labute approximate surface area is 183 Å². The van der Waals surface area contributed by atoms with Crippen LogP contribution in [0.5, 0.6) is 0 Å². The van der Waals surface area contributed by atoms with Crippen molar-refractivity contribution in [2.75, 3.05) is 0 Å². The zero-order valence-corrected chi connectivity index (χ0v) is 17.7. The fraction of sp³-hybridized carbons (Fsp3) is 0.125. The quantitative estimate of drug-likeness (QED) is 0.523. The molecule has 1 saturated heterocycles. The Hall–Kier alpha value is -3.63. The summed E-state index contributed by atoms with van der Waals surface area (Å²) >= 11 is 0.864. The van der Waals surface area contributed by atoms with Gasteiger partial charge in [-0.2, -0.15) is 5.26 Å². The molecule has 0 atom stereocenters. The molecule has 31 heavy (non-hydrogen) atoms. The minimum Gasteiger partial charge on any atom is -0.315 e. The number of nitrogens with zero attached hydrogens (tertiary/aromatic N) is 3. The van der Waals surface area contributed by atoms with Crippen LogP contribution in [0.15, 0.2) is 59.5 Å². The highest BCUT2D eigenvalue weighted by molar-refractivity contribution is 8.18. The van der Waals surface area contributed by atoms with Gasteiger partial charge in [-0.1, -0.05) is 30.3 Å².